The Morgan fingerprint density at radius 1 is 1.47 bits per heavy atom. The number of thiophene rings is 1. The van der Waals surface area contributed by atoms with Gasteiger partial charge in [-0.1, -0.05) is 5.16 Å². The van der Waals surface area contributed by atoms with E-state index in [4.69, 9.17) is 10.9 Å². The maximum atomic E-state index is 8.67. The van der Waals surface area contributed by atoms with Gasteiger partial charge in [0.15, 0.2) is 5.84 Å². The molecule has 1 aromatic heterocycles. The van der Waals surface area contributed by atoms with Crippen LogP contribution in [0.4, 0.5) is 5.69 Å². The van der Waals surface area contributed by atoms with E-state index in [9.17, 15) is 0 Å². The van der Waals surface area contributed by atoms with Gasteiger partial charge in [0.2, 0.25) is 0 Å². The zero-order chi connectivity index (χ0) is 13.8. The third kappa shape index (κ3) is 3.27. The maximum absolute atomic E-state index is 8.67. The number of amidine groups is 1. The quantitative estimate of drug-likeness (QED) is 0.389. The third-order valence-corrected chi connectivity index (χ3v) is 4.13. The molecular weight excluding hydrogens is 326 g/mol. The highest BCUT2D eigenvalue weighted by atomic mass is 79.9. The fourth-order valence-corrected chi connectivity index (χ4v) is 3.12. The fraction of sp³-hybridized carbons (Fsp3) is 0.154. The highest BCUT2D eigenvalue weighted by molar-refractivity contribution is 9.10. The molecule has 100 valence electrons. The number of rotatable bonds is 4. The molecular formula is C13H14BrN3OS. The van der Waals surface area contributed by atoms with Crippen LogP contribution in [0.25, 0.3) is 0 Å². The average Bonchev–Trinajstić information content (AvgIpc) is 2.90. The van der Waals surface area contributed by atoms with Gasteiger partial charge in [-0.15, -0.1) is 0 Å². The number of anilines is 1. The van der Waals surface area contributed by atoms with E-state index < -0.39 is 0 Å². The lowest BCUT2D eigenvalue weighted by atomic mass is 10.2. The molecule has 0 radical (unpaired) electrons. The van der Waals surface area contributed by atoms with Crippen LogP contribution in [-0.4, -0.2) is 18.1 Å². The summed E-state index contributed by atoms with van der Waals surface area (Å²) >= 11 is 5.21. The lowest BCUT2D eigenvalue weighted by Crippen LogP contribution is -2.17. The van der Waals surface area contributed by atoms with Crippen LogP contribution >= 0.6 is 27.3 Å². The second-order valence-electron chi connectivity index (χ2n) is 4.14. The minimum atomic E-state index is 0.104. The zero-order valence-electron chi connectivity index (χ0n) is 10.4. The Balaban J connectivity index is 2.21. The van der Waals surface area contributed by atoms with Crippen molar-refractivity contribution in [3.63, 3.8) is 0 Å². The van der Waals surface area contributed by atoms with E-state index in [2.05, 4.69) is 42.8 Å². The molecule has 0 unspecified atom stereocenters. The van der Waals surface area contributed by atoms with Crippen molar-refractivity contribution in [3.05, 3.63) is 50.6 Å². The van der Waals surface area contributed by atoms with Crippen molar-refractivity contribution in [3.8, 4) is 0 Å². The smallest absolute Gasteiger partial charge is 0.170 e. The first kappa shape index (κ1) is 13.9. The van der Waals surface area contributed by atoms with Gasteiger partial charge in [0.1, 0.15) is 0 Å². The molecule has 2 rings (SSSR count). The van der Waals surface area contributed by atoms with Crippen LogP contribution in [0.15, 0.2) is 44.7 Å². The van der Waals surface area contributed by atoms with Gasteiger partial charge < -0.3 is 15.8 Å². The molecule has 0 amide bonds. The third-order valence-electron chi connectivity index (χ3n) is 2.76. The standard InChI is InChI=1S/C13H14BrN3OS/c1-17(7-9-4-5-19-8-9)12-3-2-10(6-11(12)14)13(15)16-18/h2-6,8,18H,7H2,1H3,(H2,15,16). The van der Waals surface area contributed by atoms with Crippen LogP contribution in [0.3, 0.4) is 0 Å². The van der Waals surface area contributed by atoms with Gasteiger partial charge in [0.25, 0.3) is 0 Å². The summed E-state index contributed by atoms with van der Waals surface area (Å²) in [6.07, 6.45) is 0. The van der Waals surface area contributed by atoms with E-state index in [-0.39, 0.29) is 5.84 Å². The summed E-state index contributed by atoms with van der Waals surface area (Å²) in [5.74, 6) is 0.104. The highest BCUT2D eigenvalue weighted by Gasteiger charge is 2.09. The Morgan fingerprint density at radius 3 is 2.84 bits per heavy atom. The molecule has 0 saturated heterocycles. The van der Waals surface area contributed by atoms with Crippen LogP contribution in [0.5, 0.6) is 0 Å². The lowest BCUT2D eigenvalue weighted by Gasteiger charge is -2.20. The molecule has 1 heterocycles. The first-order valence-electron chi connectivity index (χ1n) is 5.61. The first-order valence-corrected chi connectivity index (χ1v) is 7.35. The number of halogens is 1. The Hall–Kier alpha value is -1.53. The van der Waals surface area contributed by atoms with Gasteiger partial charge in [-0.05, 0) is 56.5 Å². The molecule has 2 aromatic rings. The van der Waals surface area contributed by atoms with Crippen molar-refractivity contribution >= 4 is 38.8 Å². The molecule has 3 N–H and O–H groups in total. The van der Waals surface area contributed by atoms with E-state index in [0.717, 1.165) is 16.7 Å². The van der Waals surface area contributed by atoms with Crippen molar-refractivity contribution in [2.24, 2.45) is 10.9 Å². The maximum Gasteiger partial charge on any atom is 0.170 e. The van der Waals surface area contributed by atoms with Crippen molar-refractivity contribution in [1.82, 2.24) is 0 Å². The van der Waals surface area contributed by atoms with Gasteiger partial charge in [0.05, 0.1) is 5.69 Å². The molecule has 4 nitrogen and oxygen atoms in total. The molecule has 0 atom stereocenters. The molecule has 1 aromatic carbocycles. The molecule has 0 aliphatic heterocycles. The summed E-state index contributed by atoms with van der Waals surface area (Å²) in [6.45, 7) is 0.838. The van der Waals surface area contributed by atoms with Crippen molar-refractivity contribution in [1.29, 1.82) is 0 Å². The van der Waals surface area contributed by atoms with Crippen LogP contribution in [0, 0.1) is 0 Å². The van der Waals surface area contributed by atoms with Crippen LogP contribution in [0.2, 0.25) is 0 Å². The number of hydrogen-bond donors (Lipinski definition) is 2. The minimum Gasteiger partial charge on any atom is -0.409 e. The van der Waals surface area contributed by atoms with Crippen molar-refractivity contribution < 1.29 is 5.21 Å². The number of nitrogens with zero attached hydrogens (tertiary/aromatic N) is 2. The number of oxime groups is 1. The molecule has 0 aliphatic carbocycles. The Morgan fingerprint density at radius 2 is 2.26 bits per heavy atom. The number of benzene rings is 1. The monoisotopic (exact) mass is 339 g/mol. The fourth-order valence-electron chi connectivity index (χ4n) is 1.78. The van der Waals surface area contributed by atoms with E-state index in [1.807, 2.05) is 25.2 Å². The molecule has 19 heavy (non-hydrogen) atoms. The molecule has 0 saturated carbocycles. The van der Waals surface area contributed by atoms with E-state index in [1.165, 1.54) is 5.56 Å². The summed E-state index contributed by atoms with van der Waals surface area (Å²) in [7, 11) is 2.03. The predicted molar refractivity (Wildman–Crippen MR) is 83.1 cm³/mol. The topological polar surface area (TPSA) is 61.8 Å². The van der Waals surface area contributed by atoms with Gasteiger partial charge in [-0.25, -0.2) is 0 Å². The second-order valence-corrected chi connectivity index (χ2v) is 5.77. The zero-order valence-corrected chi connectivity index (χ0v) is 12.8. The van der Waals surface area contributed by atoms with E-state index >= 15 is 0 Å². The summed E-state index contributed by atoms with van der Waals surface area (Å²) in [5, 5.41) is 15.9. The Kier molecular flexibility index (Phi) is 4.44. The SMILES string of the molecule is CN(Cc1ccsc1)c1ccc(/C(N)=N/O)cc1Br. The molecule has 0 spiro atoms. The van der Waals surface area contributed by atoms with Gasteiger partial charge in [-0.3, -0.25) is 0 Å². The van der Waals surface area contributed by atoms with E-state index in [1.54, 1.807) is 11.3 Å². The lowest BCUT2D eigenvalue weighted by molar-refractivity contribution is 0.318. The molecule has 6 heteroatoms. The van der Waals surface area contributed by atoms with Crippen LogP contribution in [0.1, 0.15) is 11.1 Å². The largest absolute Gasteiger partial charge is 0.409 e. The Labute approximate surface area is 124 Å². The average molecular weight is 340 g/mol. The number of hydrogen-bond acceptors (Lipinski definition) is 4. The van der Waals surface area contributed by atoms with Gasteiger partial charge in [-0.2, -0.15) is 11.3 Å². The highest BCUT2D eigenvalue weighted by Crippen LogP contribution is 2.28. The predicted octanol–water partition coefficient (Wildman–Crippen LogP) is 3.24. The molecule has 0 bridgehead atoms. The van der Waals surface area contributed by atoms with Gasteiger partial charge in [0, 0.05) is 23.6 Å². The minimum absolute atomic E-state index is 0.104. The number of nitrogens with two attached hydrogens (primary N) is 1. The summed E-state index contributed by atoms with van der Waals surface area (Å²) in [6, 6.07) is 7.73. The second kappa shape index (κ2) is 6.08. The first-order chi connectivity index (χ1) is 9.11. The molecule has 0 aliphatic rings. The van der Waals surface area contributed by atoms with Crippen molar-refractivity contribution in [2.45, 2.75) is 6.54 Å². The van der Waals surface area contributed by atoms with Gasteiger partial charge >= 0.3 is 0 Å². The normalized spacial score (nSPS) is 11.6. The summed E-state index contributed by atoms with van der Waals surface area (Å²) in [4.78, 5) is 2.14. The van der Waals surface area contributed by atoms with Crippen molar-refractivity contribution in [2.75, 3.05) is 11.9 Å². The summed E-state index contributed by atoms with van der Waals surface area (Å²) in [5.41, 5.74) is 8.58. The van der Waals surface area contributed by atoms with Crippen LogP contribution < -0.4 is 10.6 Å². The van der Waals surface area contributed by atoms with Crippen LogP contribution in [-0.2, 0) is 6.54 Å². The summed E-state index contributed by atoms with van der Waals surface area (Å²) < 4.78 is 0.911. The van der Waals surface area contributed by atoms with E-state index in [0.29, 0.717) is 5.56 Å². The molecule has 0 fully saturated rings. The Bertz CT molecular complexity index is 584.